The predicted octanol–water partition coefficient (Wildman–Crippen LogP) is 3.57. The van der Waals surface area contributed by atoms with Crippen molar-refractivity contribution in [3.63, 3.8) is 0 Å². The van der Waals surface area contributed by atoms with Crippen LogP contribution in [-0.4, -0.2) is 42.0 Å². The summed E-state index contributed by atoms with van der Waals surface area (Å²) in [6, 6.07) is 2.02. The molecule has 0 aliphatic carbocycles. The zero-order valence-electron chi connectivity index (χ0n) is 14.5. The minimum atomic E-state index is -4.38. The zero-order chi connectivity index (χ0) is 18.1. The Labute approximate surface area is 140 Å². The van der Waals surface area contributed by atoms with Crippen LogP contribution in [0.15, 0.2) is 18.3 Å². The summed E-state index contributed by atoms with van der Waals surface area (Å²) >= 11 is 0. The highest BCUT2D eigenvalue weighted by molar-refractivity contribution is 5.81. The molecule has 1 aromatic rings. The second-order valence-corrected chi connectivity index (χ2v) is 7.31. The van der Waals surface area contributed by atoms with Gasteiger partial charge in [-0.25, -0.2) is 4.98 Å². The zero-order valence-corrected chi connectivity index (χ0v) is 14.5. The maximum Gasteiger partial charge on any atom is 0.416 e. The van der Waals surface area contributed by atoms with E-state index in [1.165, 1.54) is 6.20 Å². The molecule has 0 saturated carbocycles. The van der Waals surface area contributed by atoms with Crippen molar-refractivity contribution in [3.8, 4) is 0 Å². The van der Waals surface area contributed by atoms with Gasteiger partial charge in [-0.15, -0.1) is 0 Å². The topological polar surface area (TPSA) is 36.4 Å². The molecule has 2 heterocycles. The normalized spacial score (nSPS) is 19.3. The molecule has 1 fully saturated rings. The average molecular weight is 343 g/mol. The highest BCUT2D eigenvalue weighted by Crippen LogP contribution is 2.31. The van der Waals surface area contributed by atoms with Gasteiger partial charge in [0.1, 0.15) is 5.82 Å². The third-order valence-corrected chi connectivity index (χ3v) is 4.30. The maximum absolute atomic E-state index is 12.9. The fraction of sp³-hybridized carbons (Fsp3) is 0.647. The number of pyridine rings is 1. The van der Waals surface area contributed by atoms with Gasteiger partial charge in [0, 0.05) is 37.8 Å². The van der Waals surface area contributed by atoms with Gasteiger partial charge in [0.15, 0.2) is 0 Å². The Morgan fingerprint density at radius 1 is 1.33 bits per heavy atom. The summed E-state index contributed by atoms with van der Waals surface area (Å²) in [5.74, 6) is 0.345. The lowest BCUT2D eigenvalue weighted by molar-refractivity contribution is -0.140. The second kappa shape index (κ2) is 6.61. The van der Waals surface area contributed by atoms with E-state index in [-0.39, 0.29) is 11.9 Å². The van der Waals surface area contributed by atoms with Gasteiger partial charge >= 0.3 is 6.18 Å². The lowest BCUT2D eigenvalue weighted by atomic mass is 9.93. The molecule has 1 saturated heterocycles. The maximum atomic E-state index is 12.9. The van der Waals surface area contributed by atoms with Gasteiger partial charge in [0.05, 0.1) is 5.56 Å². The molecule has 1 amide bonds. The predicted molar refractivity (Wildman–Crippen MR) is 86.7 cm³/mol. The fourth-order valence-electron chi connectivity index (χ4n) is 2.94. The lowest BCUT2D eigenvalue weighted by Gasteiger charge is -2.40. The highest BCUT2D eigenvalue weighted by atomic mass is 19.4. The minimum absolute atomic E-state index is 0.0261. The summed E-state index contributed by atoms with van der Waals surface area (Å²) in [7, 11) is 1.77. The van der Waals surface area contributed by atoms with Gasteiger partial charge in [-0.2, -0.15) is 13.2 Å². The molecule has 134 valence electrons. The molecular formula is C17H24F3N3O. The average Bonchev–Trinajstić information content (AvgIpc) is 2.52. The van der Waals surface area contributed by atoms with Gasteiger partial charge in [-0.1, -0.05) is 20.8 Å². The van der Waals surface area contributed by atoms with E-state index in [4.69, 9.17) is 0 Å². The van der Waals surface area contributed by atoms with Crippen LogP contribution in [0.1, 0.15) is 39.2 Å². The lowest BCUT2D eigenvalue weighted by Crippen LogP contribution is -2.51. The molecule has 0 bridgehead atoms. The van der Waals surface area contributed by atoms with E-state index >= 15 is 0 Å². The van der Waals surface area contributed by atoms with E-state index in [1.54, 1.807) is 11.9 Å². The Morgan fingerprint density at radius 3 is 2.58 bits per heavy atom. The molecule has 1 aromatic heterocycles. The van der Waals surface area contributed by atoms with Crippen molar-refractivity contribution in [2.75, 3.05) is 25.0 Å². The number of likely N-dealkylation sites (N-methyl/N-ethyl adjacent to an activating group) is 1. The van der Waals surface area contributed by atoms with Crippen molar-refractivity contribution in [3.05, 3.63) is 23.9 Å². The Bertz CT molecular complexity index is 595. The van der Waals surface area contributed by atoms with Crippen LogP contribution in [0.4, 0.5) is 19.0 Å². The van der Waals surface area contributed by atoms with E-state index < -0.39 is 17.2 Å². The van der Waals surface area contributed by atoms with Crippen LogP contribution in [-0.2, 0) is 11.0 Å². The van der Waals surface area contributed by atoms with Gasteiger partial charge in [-0.3, -0.25) is 4.79 Å². The Hall–Kier alpha value is -1.79. The quantitative estimate of drug-likeness (QED) is 0.824. The monoisotopic (exact) mass is 343 g/mol. The van der Waals surface area contributed by atoms with Crippen LogP contribution in [0.25, 0.3) is 0 Å². The number of aromatic nitrogens is 1. The number of carbonyl (C=O) groups is 1. The summed E-state index contributed by atoms with van der Waals surface area (Å²) in [6.45, 7) is 6.72. The van der Waals surface area contributed by atoms with E-state index in [1.807, 2.05) is 25.7 Å². The minimum Gasteiger partial charge on any atom is -0.355 e. The fourth-order valence-corrected chi connectivity index (χ4v) is 2.94. The van der Waals surface area contributed by atoms with Crippen molar-refractivity contribution >= 4 is 11.7 Å². The molecule has 0 aromatic carbocycles. The van der Waals surface area contributed by atoms with Gasteiger partial charge in [-0.05, 0) is 25.0 Å². The largest absolute Gasteiger partial charge is 0.416 e. The van der Waals surface area contributed by atoms with Crippen LogP contribution in [0.2, 0.25) is 0 Å². The number of hydrogen-bond acceptors (Lipinski definition) is 3. The summed E-state index contributed by atoms with van der Waals surface area (Å²) in [6.07, 6.45) is -1.55. The van der Waals surface area contributed by atoms with Crippen LogP contribution in [0.5, 0.6) is 0 Å². The molecule has 2 rings (SSSR count). The van der Waals surface area contributed by atoms with Crippen molar-refractivity contribution in [2.45, 2.75) is 45.8 Å². The van der Waals surface area contributed by atoms with Crippen LogP contribution in [0.3, 0.4) is 0 Å². The number of alkyl halides is 3. The van der Waals surface area contributed by atoms with E-state index in [0.29, 0.717) is 18.9 Å². The summed E-state index contributed by atoms with van der Waals surface area (Å²) in [5.41, 5.74) is -1.18. The first-order valence-corrected chi connectivity index (χ1v) is 8.05. The molecular weight excluding hydrogens is 319 g/mol. The number of piperidine rings is 1. The first-order valence-electron chi connectivity index (χ1n) is 8.05. The first-order chi connectivity index (χ1) is 11.0. The Kier molecular flexibility index (Phi) is 5.11. The van der Waals surface area contributed by atoms with Crippen molar-refractivity contribution in [1.82, 2.24) is 9.88 Å². The number of anilines is 1. The number of rotatable bonds is 2. The first kappa shape index (κ1) is 18.5. The summed E-state index contributed by atoms with van der Waals surface area (Å²) in [4.78, 5) is 20.1. The second-order valence-electron chi connectivity index (χ2n) is 7.31. The van der Waals surface area contributed by atoms with Crippen molar-refractivity contribution in [1.29, 1.82) is 0 Å². The van der Waals surface area contributed by atoms with Crippen LogP contribution in [0, 0.1) is 5.41 Å². The summed E-state index contributed by atoms with van der Waals surface area (Å²) in [5, 5.41) is 0. The molecule has 0 radical (unpaired) electrons. The van der Waals surface area contributed by atoms with Crippen molar-refractivity contribution in [2.24, 2.45) is 5.41 Å². The van der Waals surface area contributed by atoms with Gasteiger partial charge < -0.3 is 9.80 Å². The van der Waals surface area contributed by atoms with Gasteiger partial charge in [0.2, 0.25) is 5.91 Å². The van der Waals surface area contributed by atoms with E-state index in [9.17, 15) is 18.0 Å². The van der Waals surface area contributed by atoms with Crippen LogP contribution >= 0.6 is 0 Å². The molecule has 1 atom stereocenters. The Morgan fingerprint density at radius 2 is 2.00 bits per heavy atom. The molecule has 1 unspecified atom stereocenters. The SMILES string of the molecule is CN(C(=O)C(C)(C)C)C1CCCN(c2cc(C(F)(F)F)ccn2)C1. The third kappa shape index (κ3) is 4.19. The number of halogens is 3. The van der Waals surface area contributed by atoms with Gasteiger partial charge in [0.25, 0.3) is 0 Å². The van der Waals surface area contributed by atoms with Crippen LogP contribution < -0.4 is 4.90 Å². The number of nitrogens with zero attached hydrogens (tertiary/aromatic N) is 3. The molecule has 24 heavy (non-hydrogen) atoms. The molecule has 1 aliphatic heterocycles. The number of hydrogen-bond donors (Lipinski definition) is 0. The van der Waals surface area contributed by atoms with Crippen molar-refractivity contribution < 1.29 is 18.0 Å². The summed E-state index contributed by atoms with van der Waals surface area (Å²) < 4.78 is 38.6. The van der Waals surface area contributed by atoms with E-state index in [2.05, 4.69) is 4.98 Å². The van der Waals surface area contributed by atoms with E-state index in [0.717, 1.165) is 25.0 Å². The standard InChI is InChI=1S/C17H24F3N3O/c1-16(2,3)15(24)22(4)13-6-5-9-23(11-13)14-10-12(7-8-21-14)17(18,19)20/h7-8,10,13H,5-6,9,11H2,1-4H3. The Balaban J connectivity index is 2.15. The molecule has 4 nitrogen and oxygen atoms in total. The smallest absolute Gasteiger partial charge is 0.355 e. The molecule has 0 N–H and O–H groups in total. The highest BCUT2D eigenvalue weighted by Gasteiger charge is 2.34. The number of carbonyl (C=O) groups excluding carboxylic acids is 1. The third-order valence-electron chi connectivity index (χ3n) is 4.30. The molecule has 0 spiro atoms. The molecule has 7 heteroatoms. The molecule has 1 aliphatic rings. The number of amides is 1.